The molecule has 1 fully saturated rings. The first kappa shape index (κ1) is 17.0. The third-order valence-electron chi connectivity index (χ3n) is 4.22. The Labute approximate surface area is 138 Å². The Bertz CT molecular complexity index is 571. The molecule has 0 heterocycles. The van der Waals surface area contributed by atoms with Gasteiger partial charge in [0.15, 0.2) is 0 Å². The lowest BCUT2D eigenvalue weighted by Gasteiger charge is -2.42. The molecular formula is C16H21BrN2O3. The van der Waals surface area contributed by atoms with Crippen LogP contribution in [-0.2, 0) is 4.79 Å². The van der Waals surface area contributed by atoms with Gasteiger partial charge >= 0.3 is 5.97 Å². The predicted octanol–water partition coefficient (Wildman–Crippen LogP) is 2.42. The Kier molecular flexibility index (Phi) is 5.58. The van der Waals surface area contributed by atoms with Gasteiger partial charge < -0.3 is 10.4 Å². The molecule has 0 saturated heterocycles. The lowest BCUT2D eigenvalue weighted by molar-refractivity contribution is -0.139. The molecule has 1 saturated carbocycles. The first-order valence-electron chi connectivity index (χ1n) is 7.44. The number of hydrogen-bond acceptors (Lipinski definition) is 3. The summed E-state index contributed by atoms with van der Waals surface area (Å²) in [4.78, 5) is 25.1. The molecule has 0 radical (unpaired) electrons. The zero-order valence-corrected chi connectivity index (χ0v) is 14.4. The molecule has 1 amide bonds. The van der Waals surface area contributed by atoms with Crippen LogP contribution in [0.2, 0.25) is 0 Å². The summed E-state index contributed by atoms with van der Waals surface area (Å²) in [5, 5.41) is 11.9. The van der Waals surface area contributed by atoms with Crippen molar-refractivity contribution in [3.63, 3.8) is 0 Å². The average Bonchev–Trinajstić information content (AvgIpc) is 2.42. The van der Waals surface area contributed by atoms with Crippen molar-refractivity contribution >= 4 is 27.8 Å². The van der Waals surface area contributed by atoms with Crippen molar-refractivity contribution < 1.29 is 14.7 Å². The van der Waals surface area contributed by atoms with Crippen LogP contribution in [0, 0.1) is 6.92 Å². The largest absolute Gasteiger partial charge is 0.480 e. The third kappa shape index (κ3) is 3.87. The second kappa shape index (κ2) is 7.24. The molecule has 0 unspecified atom stereocenters. The summed E-state index contributed by atoms with van der Waals surface area (Å²) < 4.78 is 0.922. The van der Waals surface area contributed by atoms with Gasteiger partial charge in [0.1, 0.15) is 0 Å². The number of carbonyl (C=O) groups is 2. The first-order chi connectivity index (χ1) is 10.4. The number of amides is 1. The van der Waals surface area contributed by atoms with Gasteiger partial charge in [0.2, 0.25) is 0 Å². The number of likely N-dealkylation sites (N-methyl/N-ethyl adjacent to an activating group) is 1. The van der Waals surface area contributed by atoms with E-state index < -0.39 is 5.97 Å². The van der Waals surface area contributed by atoms with Crippen LogP contribution >= 0.6 is 15.9 Å². The molecule has 0 aliphatic heterocycles. The van der Waals surface area contributed by atoms with E-state index in [9.17, 15) is 9.59 Å². The van der Waals surface area contributed by atoms with Gasteiger partial charge in [-0.05, 0) is 44.0 Å². The number of nitrogens with zero attached hydrogens (tertiary/aromatic N) is 1. The van der Waals surface area contributed by atoms with Crippen molar-refractivity contribution in [2.24, 2.45) is 0 Å². The van der Waals surface area contributed by atoms with Gasteiger partial charge in [-0.2, -0.15) is 0 Å². The Morgan fingerprint density at radius 3 is 2.68 bits per heavy atom. The van der Waals surface area contributed by atoms with E-state index >= 15 is 0 Å². The van der Waals surface area contributed by atoms with Crippen LogP contribution < -0.4 is 5.32 Å². The van der Waals surface area contributed by atoms with Crippen LogP contribution in [0.15, 0.2) is 22.7 Å². The van der Waals surface area contributed by atoms with E-state index in [4.69, 9.17) is 5.11 Å². The predicted molar refractivity (Wildman–Crippen MR) is 88.0 cm³/mol. The van der Waals surface area contributed by atoms with Crippen molar-refractivity contribution in [3.8, 4) is 0 Å². The molecule has 0 aromatic heterocycles. The average molecular weight is 369 g/mol. The summed E-state index contributed by atoms with van der Waals surface area (Å²) in [6.07, 6.45) is 1.61. The van der Waals surface area contributed by atoms with Gasteiger partial charge in [-0.25, -0.2) is 0 Å². The van der Waals surface area contributed by atoms with Crippen LogP contribution in [0.3, 0.4) is 0 Å². The molecule has 0 bridgehead atoms. The fourth-order valence-electron chi connectivity index (χ4n) is 2.79. The molecule has 120 valence electrons. The number of carbonyl (C=O) groups excluding carboxylic acids is 1. The van der Waals surface area contributed by atoms with Crippen molar-refractivity contribution in [1.82, 2.24) is 10.2 Å². The minimum absolute atomic E-state index is 0.0621. The van der Waals surface area contributed by atoms with Crippen molar-refractivity contribution in [1.29, 1.82) is 0 Å². The van der Waals surface area contributed by atoms with E-state index in [0.29, 0.717) is 12.1 Å². The number of nitrogens with one attached hydrogen (secondary N) is 1. The highest BCUT2D eigenvalue weighted by atomic mass is 79.9. The van der Waals surface area contributed by atoms with Gasteiger partial charge in [0, 0.05) is 22.1 Å². The second-order valence-corrected chi connectivity index (χ2v) is 6.52. The third-order valence-corrected chi connectivity index (χ3v) is 5.08. The zero-order valence-electron chi connectivity index (χ0n) is 12.8. The molecule has 1 aliphatic rings. The Balaban J connectivity index is 1.88. The molecule has 2 rings (SSSR count). The normalized spacial score (nSPS) is 20.5. The molecule has 5 nitrogen and oxygen atoms in total. The smallest absolute Gasteiger partial charge is 0.317 e. The number of carboxylic acids is 1. The van der Waals surface area contributed by atoms with E-state index in [1.54, 1.807) is 0 Å². The summed E-state index contributed by atoms with van der Waals surface area (Å²) in [6.45, 7) is 4.64. The zero-order chi connectivity index (χ0) is 16.3. The quantitative estimate of drug-likeness (QED) is 0.808. The van der Waals surface area contributed by atoms with Crippen LogP contribution in [0.5, 0.6) is 0 Å². The molecule has 22 heavy (non-hydrogen) atoms. The fourth-order valence-corrected chi connectivity index (χ4v) is 3.16. The molecule has 1 aromatic carbocycles. The molecule has 1 aliphatic carbocycles. The van der Waals surface area contributed by atoms with E-state index in [1.807, 2.05) is 36.9 Å². The van der Waals surface area contributed by atoms with Gasteiger partial charge in [-0.1, -0.05) is 28.9 Å². The maximum Gasteiger partial charge on any atom is 0.317 e. The molecule has 6 heteroatoms. The number of carboxylic acid groups (broad SMARTS) is 1. The van der Waals surface area contributed by atoms with Gasteiger partial charge in [0.25, 0.3) is 5.91 Å². The number of hydrogen-bond donors (Lipinski definition) is 2. The van der Waals surface area contributed by atoms with Gasteiger partial charge in [0.05, 0.1) is 6.54 Å². The van der Waals surface area contributed by atoms with Crippen LogP contribution in [-0.4, -0.2) is 47.1 Å². The van der Waals surface area contributed by atoms with Crippen LogP contribution in [0.4, 0.5) is 0 Å². The number of aliphatic carboxylic acids is 1. The van der Waals surface area contributed by atoms with Crippen molar-refractivity contribution in [2.45, 2.75) is 38.8 Å². The molecule has 2 N–H and O–H groups in total. The fraction of sp³-hybridized carbons (Fsp3) is 0.500. The second-order valence-electron chi connectivity index (χ2n) is 5.66. The Morgan fingerprint density at radius 1 is 1.41 bits per heavy atom. The number of halogens is 1. The lowest BCUT2D eigenvalue weighted by Crippen LogP contribution is -2.54. The van der Waals surface area contributed by atoms with E-state index in [0.717, 1.165) is 22.9 Å². The van der Waals surface area contributed by atoms with Crippen molar-refractivity contribution in [3.05, 3.63) is 33.8 Å². The van der Waals surface area contributed by atoms with Gasteiger partial charge in [-0.15, -0.1) is 0 Å². The Morgan fingerprint density at radius 2 is 2.09 bits per heavy atom. The molecule has 0 spiro atoms. The number of rotatable bonds is 6. The molecule has 1 aromatic rings. The first-order valence-corrected chi connectivity index (χ1v) is 8.23. The van der Waals surface area contributed by atoms with Crippen LogP contribution in [0.25, 0.3) is 0 Å². The SMILES string of the molecule is CCN(CC(=O)O)C1CC(NC(=O)c2cccc(Br)c2C)C1. The number of benzene rings is 1. The summed E-state index contributed by atoms with van der Waals surface area (Å²) in [5.41, 5.74) is 1.60. The minimum atomic E-state index is -0.806. The maximum absolute atomic E-state index is 12.3. The lowest BCUT2D eigenvalue weighted by atomic mass is 9.85. The molecular weight excluding hydrogens is 348 g/mol. The topological polar surface area (TPSA) is 69.6 Å². The Hall–Kier alpha value is -1.40. The highest BCUT2D eigenvalue weighted by Crippen LogP contribution is 2.26. The summed E-state index contributed by atoms with van der Waals surface area (Å²) in [7, 11) is 0. The van der Waals surface area contributed by atoms with Crippen LogP contribution in [0.1, 0.15) is 35.7 Å². The summed E-state index contributed by atoms with van der Waals surface area (Å²) in [5.74, 6) is -0.873. The maximum atomic E-state index is 12.3. The monoisotopic (exact) mass is 368 g/mol. The summed E-state index contributed by atoms with van der Waals surface area (Å²) in [6, 6.07) is 5.94. The molecule has 0 atom stereocenters. The standard InChI is InChI=1S/C16H21BrN2O3/c1-3-19(9-15(20)21)12-7-11(8-12)18-16(22)13-5-4-6-14(17)10(13)2/h4-6,11-12H,3,7-9H2,1-2H3,(H,18,22)(H,20,21). The van der Waals surface area contributed by atoms with E-state index in [1.165, 1.54) is 0 Å². The van der Waals surface area contributed by atoms with Crippen molar-refractivity contribution in [2.75, 3.05) is 13.1 Å². The van der Waals surface area contributed by atoms with E-state index in [-0.39, 0.29) is 24.5 Å². The minimum Gasteiger partial charge on any atom is -0.480 e. The highest BCUT2D eigenvalue weighted by Gasteiger charge is 2.34. The summed E-state index contributed by atoms with van der Waals surface area (Å²) >= 11 is 3.43. The van der Waals surface area contributed by atoms with E-state index in [2.05, 4.69) is 21.2 Å². The van der Waals surface area contributed by atoms with Gasteiger partial charge in [-0.3, -0.25) is 14.5 Å². The highest BCUT2D eigenvalue weighted by molar-refractivity contribution is 9.10.